The largest absolute Gasteiger partial charge is 0.481 e. The molecule has 0 spiro atoms. The molecule has 1 aliphatic heterocycles. The van der Waals surface area contributed by atoms with Crippen LogP contribution in [0.2, 0.25) is 0 Å². The van der Waals surface area contributed by atoms with Crippen LogP contribution in [0, 0.1) is 0 Å². The Bertz CT molecular complexity index is 301. The first-order valence-electron chi connectivity index (χ1n) is 7.11. The summed E-state index contributed by atoms with van der Waals surface area (Å²) < 4.78 is 0. The second kappa shape index (κ2) is 11.2. The standard InChI is InChI=1S/C13H24N2O4S2/c16-12(17)10-20-8-6-14-2-1-3-15(5-4-14)7-9-21-11-13(18)19/h1-11H2,(H,16,17)(H,18,19). The van der Waals surface area contributed by atoms with Crippen LogP contribution in [-0.4, -0.2) is 94.2 Å². The fourth-order valence-electron chi connectivity index (χ4n) is 2.18. The van der Waals surface area contributed by atoms with Crippen LogP contribution in [-0.2, 0) is 9.59 Å². The molecule has 1 aliphatic rings. The third kappa shape index (κ3) is 10.00. The van der Waals surface area contributed by atoms with Gasteiger partial charge in [0.25, 0.3) is 0 Å². The first-order valence-corrected chi connectivity index (χ1v) is 9.42. The zero-order valence-electron chi connectivity index (χ0n) is 12.2. The van der Waals surface area contributed by atoms with Gasteiger partial charge in [-0.2, -0.15) is 0 Å². The summed E-state index contributed by atoms with van der Waals surface area (Å²) in [5, 5.41) is 17.2. The van der Waals surface area contributed by atoms with Crippen molar-refractivity contribution >= 4 is 35.5 Å². The SMILES string of the molecule is O=C(O)CSCCN1CCCN(CCSCC(=O)O)CC1. The molecule has 0 aromatic heterocycles. The maximum Gasteiger partial charge on any atom is 0.313 e. The number of hydrogen-bond donors (Lipinski definition) is 2. The first-order chi connectivity index (χ1) is 10.1. The maximum atomic E-state index is 10.4. The van der Waals surface area contributed by atoms with E-state index >= 15 is 0 Å². The van der Waals surface area contributed by atoms with Gasteiger partial charge in [0.15, 0.2) is 0 Å². The number of carboxylic acid groups (broad SMARTS) is 2. The average molecular weight is 336 g/mol. The molecule has 0 atom stereocenters. The highest BCUT2D eigenvalue weighted by Crippen LogP contribution is 2.07. The Morgan fingerprint density at radius 1 is 0.810 bits per heavy atom. The minimum atomic E-state index is -0.749. The molecule has 0 radical (unpaired) electrons. The van der Waals surface area contributed by atoms with Crippen LogP contribution in [0.25, 0.3) is 0 Å². The molecule has 0 saturated carbocycles. The van der Waals surface area contributed by atoms with Crippen LogP contribution in [0.15, 0.2) is 0 Å². The topological polar surface area (TPSA) is 81.1 Å². The van der Waals surface area contributed by atoms with Crippen molar-refractivity contribution in [2.24, 2.45) is 0 Å². The molecule has 1 fully saturated rings. The van der Waals surface area contributed by atoms with Crippen molar-refractivity contribution in [1.29, 1.82) is 0 Å². The van der Waals surface area contributed by atoms with Crippen molar-refractivity contribution in [2.75, 3.05) is 62.3 Å². The van der Waals surface area contributed by atoms with E-state index in [0.29, 0.717) is 0 Å². The molecule has 0 bridgehead atoms. The summed E-state index contributed by atoms with van der Waals surface area (Å²) in [6, 6.07) is 0. The van der Waals surface area contributed by atoms with Gasteiger partial charge in [-0.15, -0.1) is 23.5 Å². The highest BCUT2D eigenvalue weighted by molar-refractivity contribution is 8.00. The predicted molar refractivity (Wildman–Crippen MR) is 87.4 cm³/mol. The van der Waals surface area contributed by atoms with Gasteiger partial charge < -0.3 is 20.0 Å². The molecule has 0 aromatic rings. The summed E-state index contributed by atoms with van der Waals surface area (Å²) in [7, 11) is 0. The van der Waals surface area contributed by atoms with Crippen molar-refractivity contribution in [3.8, 4) is 0 Å². The highest BCUT2D eigenvalue weighted by Gasteiger charge is 2.14. The number of carboxylic acids is 2. The quantitative estimate of drug-likeness (QED) is 0.562. The third-order valence-corrected chi connectivity index (χ3v) is 5.08. The lowest BCUT2D eigenvalue weighted by Gasteiger charge is -2.21. The van der Waals surface area contributed by atoms with Crippen LogP contribution in [0.1, 0.15) is 6.42 Å². The molecule has 0 unspecified atom stereocenters. The second-order valence-electron chi connectivity index (χ2n) is 4.93. The van der Waals surface area contributed by atoms with E-state index in [0.717, 1.165) is 57.2 Å². The van der Waals surface area contributed by atoms with Crippen molar-refractivity contribution in [3.05, 3.63) is 0 Å². The van der Waals surface area contributed by atoms with Gasteiger partial charge in [0.2, 0.25) is 0 Å². The fraction of sp³-hybridized carbons (Fsp3) is 0.846. The van der Waals surface area contributed by atoms with Gasteiger partial charge in [0, 0.05) is 37.7 Å². The Balaban J connectivity index is 2.09. The molecule has 1 saturated heterocycles. The van der Waals surface area contributed by atoms with Crippen molar-refractivity contribution in [1.82, 2.24) is 9.80 Å². The summed E-state index contributed by atoms with van der Waals surface area (Å²) in [4.78, 5) is 25.6. The highest BCUT2D eigenvalue weighted by atomic mass is 32.2. The number of nitrogens with zero attached hydrogens (tertiary/aromatic N) is 2. The lowest BCUT2D eigenvalue weighted by Crippen LogP contribution is -2.33. The summed E-state index contributed by atoms with van der Waals surface area (Å²) >= 11 is 2.94. The maximum absolute atomic E-state index is 10.4. The van der Waals surface area contributed by atoms with Crippen LogP contribution < -0.4 is 0 Å². The second-order valence-corrected chi connectivity index (χ2v) is 7.14. The van der Waals surface area contributed by atoms with Crippen LogP contribution in [0.5, 0.6) is 0 Å². The van der Waals surface area contributed by atoms with E-state index in [4.69, 9.17) is 10.2 Å². The minimum absolute atomic E-state index is 0.181. The Kier molecular flexibility index (Phi) is 9.90. The summed E-state index contributed by atoms with van der Waals surface area (Å²) in [6.07, 6.45) is 1.12. The molecular formula is C13H24N2O4S2. The summed E-state index contributed by atoms with van der Waals surface area (Å²) in [5.74, 6) is 0.588. The van der Waals surface area contributed by atoms with Gasteiger partial charge in [-0.25, -0.2) is 0 Å². The zero-order chi connectivity index (χ0) is 15.5. The fourth-order valence-corrected chi connectivity index (χ4v) is 3.59. The van der Waals surface area contributed by atoms with Crippen LogP contribution >= 0.6 is 23.5 Å². The molecule has 6 nitrogen and oxygen atoms in total. The number of hydrogen-bond acceptors (Lipinski definition) is 6. The Morgan fingerprint density at radius 3 is 1.62 bits per heavy atom. The normalized spacial score (nSPS) is 17.5. The van der Waals surface area contributed by atoms with Gasteiger partial charge in [0.05, 0.1) is 11.5 Å². The van der Waals surface area contributed by atoms with E-state index in [1.165, 1.54) is 23.5 Å². The number of carbonyl (C=O) groups is 2. The molecule has 21 heavy (non-hydrogen) atoms. The molecular weight excluding hydrogens is 312 g/mol. The first kappa shape index (κ1) is 18.6. The molecule has 0 amide bonds. The smallest absolute Gasteiger partial charge is 0.313 e. The lowest BCUT2D eigenvalue weighted by molar-refractivity contribution is -0.134. The monoisotopic (exact) mass is 336 g/mol. The Hall–Kier alpha value is -0.440. The van der Waals surface area contributed by atoms with Crippen molar-refractivity contribution in [3.63, 3.8) is 0 Å². The van der Waals surface area contributed by atoms with Gasteiger partial charge in [0.1, 0.15) is 0 Å². The predicted octanol–water partition coefficient (Wildman–Crippen LogP) is 0.630. The zero-order valence-corrected chi connectivity index (χ0v) is 13.8. The molecule has 1 rings (SSSR count). The van der Waals surface area contributed by atoms with Gasteiger partial charge in [-0.3, -0.25) is 9.59 Å². The lowest BCUT2D eigenvalue weighted by atomic mass is 10.4. The van der Waals surface area contributed by atoms with Crippen molar-refractivity contribution in [2.45, 2.75) is 6.42 Å². The Morgan fingerprint density at radius 2 is 1.24 bits per heavy atom. The molecule has 0 aromatic carbocycles. The molecule has 8 heteroatoms. The van der Waals surface area contributed by atoms with Crippen LogP contribution in [0.4, 0.5) is 0 Å². The third-order valence-electron chi connectivity index (χ3n) is 3.24. The van der Waals surface area contributed by atoms with Gasteiger partial charge in [-0.1, -0.05) is 0 Å². The Labute approximate surface area is 134 Å². The van der Waals surface area contributed by atoms with E-state index in [-0.39, 0.29) is 11.5 Å². The minimum Gasteiger partial charge on any atom is -0.481 e. The van der Waals surface area contributed by atoms with E-state index in [2.05, 4.69) is 9.80 Å². The number of thioether (sulfide) groups is 2. The molecule has 0 aliphatic carbocycles. The van der Waals surface area contributed by atoms with E-state index in [1.54, 1.807) is 0 Å². The van der Waals surface area contributed by atoms with E-state index < -0.39 is 11.9 Å². The van der Waals surface area contributed by atoms with Gasteiger partial charge >= 0.3 is 11.9 Å². The molecule has 2 N–H and O–H groups in total. The van der Waals surface area contributed by atoms with Crippen molar-refractivity contribution < 1.29 is 19.8 Å². The number of aliphatic carboxylic acids is 2. The van der Waals surface area contributed by atoms with Gasteiger partial charge in [-0.05, 0) is 19.5 Å². The van der Waals surface area contributed by atoms with E-state index in [9.17, 15) is 9.59 Å². The molecule has 1 heterocycles. The summed E-state index contributed by atoms with van der Waals surface area (Å²) in [6.45, 7) is 6.03. The number of rotatable bonds is 10. The van der Waals surface area contributed by atoms with Crippen LogP contribution in [0.3, 0.4) is 0 Å². The molecule has 122 valence electrons. The van der Waals surface area contributed by atoms with E-state index in [1.807, 2.05) is 0 Å². The summed E-state index contributed by atoms with van der Waals surface area (Å²) in [5.41, 5.74) is 0. The average Bonchev–Trinajstić information content (AvgIpc) is 2.65.